The highest BCUT2D eigenvalue weighted by atomic mass is 32.2. The lowest BCUT2D eigenvalue weighted by molar-refractivity contribution is -0.192. The van der Waals surface area contributed by atoms with E-state index in [0.29, 0.717) is 34.3 Å². The first-order valence-electron chi connectivity index (χ1n) is 8.52. The van der Waals surface area contributed by atoms with Crippen molar-refractivity contribution in [3.8, 4) is 11.3 Å². The third kappa shape index (κ3) is 4.12. The van der Waals surface area contributed by atoms with E-state index in [1.54, 1.807) is 12.3 Å². The number of aliphatic carboxylic acids is 1. The quantitative estimate of drug-likeness (QED) is 0.358. The Morgan fingerprint density at radius 2 is 1.90 bits per heavy atom. The van der Waals surface area contributed by atoms with Crippen LogP contribution in [0.1, 0.15) is 10.4 Å². The van der Waals surface area contributed by atoms with Crippen molar-refractivity contribution in [3.05, 3.63) is 47.9 Å². The summed E-state index contributed by atoms with van der Waals surface area (Å²) in [5, 5.41) is 11.1. The van der Waals surface area contributed by atoms with Gasteiger partial charge in [0.05, 0.1) is 5.56 Å². The molecule has 2 heterocycles. The fourth-order valence-electron chi connectivity index (χ4n) is 3.01. The monoisotopic (exact) mass is 441 g/mol. The second kappa shape index (κ2) is 8.36. The van der Waals surface area contributed by atoms with Gasteiger partial charge in [0.1, 0.15) is 5.82 Å². The van der Waals surface area contributed by atoms with Gasteiger partial charge in [-0.1, -0.05) is 0 Å². The van der Waals surface area contributed by atoms with Crippen LogP contribution in [-0.4, -0.2) is 40.4 Å². The lowest BCUT2D eigenvalue weighted by atomic mass is 9.97. The van der Waals surface area contributed by atoms with Crippen LogP contribution in [0, 0.1) is 5.82 Å². The molecule has 11 heteroatoms. The van der Waals surface area contributed by atoms with Crippen LogP contribution < -0.4 is 11.1 Å². The first kappa shape index (κ1) is 21.7. The van der Waals surface area contributed by atoms with E-state index < -0.39 is 12.1 Å². The Morgan fingerprint density at radius 3 is 2.47 bits per heavy atom. The molecule has 0 unspecified atom stereocenters. The molecule has 1 aliphatic rings. The molecule has 0 fully saturated rings. The number of nitrogens with one attached hydrogen (secondary N) is 2. The molecule has 4 rings (SSSR count). The Kier molecular flexibility index (Phi) is 6.04. The number of nitrogens with two attached hydrogens (primary N) is 1. The predicted octanol–water partition coefficient (Wildman–Crippen LogP) is 4.22. The van der Waals surface area contributed by atoms with Crippen LogP contribution in [-0.2, 0) is 4.79 Å². The van der Waals surface area contributed by atoms with Gasteiger partial charge in [0.25, 0.3) is 5.91 Å². The van der Waals surface area contributed by atoms with Crippen LogP contribution in [0.4, 0.5) is 23.2 Å². The Balaban J connectivity index is 0.000000318. The number of H-pyrrole nitrogens is 1. The van der Waals surface area contributed by atoms with Gasteiger partial charge >= 0.3 is 12.1 Å². The normalized spacial score (nSPS) is 12.5. The average molecular weight is 441 g/mol. The van der Waals surface area contributed by atoms with E-state index in [9.17, 15) is 22.4 Å². The number of carbonyl (C=O) groups is 2. The maximum atomic E-state index is 14.5. The second-order valence-electron chi connectivity index (χ2n) is 6.12. The molecule has 0 saturated heterocycles. The maximum Gasteiger partial charge on any atom is 0.490 e. The van der Waals surface area contributed by atoms with Crippen LogP contribution in [0.3, 0.4) is 0 Å². The summed E-state index contributed by atoms with van der Waals surface area (Å²) < 4.78 is 46.2. The summed E-state index contributed by atoms with van der Waals surface area (Å²) in [6, 6.07) is 8.66. The van der Waals surface area contributed by atoms with Crippen molar-refractivity contribution >= 4 is 40.1 Å². The molecule has 0 radical (unpaired) electrons. The molecule has 0 saturated carbocycles. The third-order valence-corrected chi connectivity index (χ3v) is 5.25. The van der Waals surface area contributed by atoms with Crippen molar-refractivity contribution < 1.29 is 32.3 Å². The minimum Gasteiger partial charge on any atom is -0.475 e. The molecule has 30 heavy (non-hydrogen) atoms. The Labute approximate surface area is 171 Å². The SMILES string of the molecule is NCCSc1cc(-c2ccc[nH]2)c2c3c(ccc(F)c13)NC2=O.O=C(O)C(F)(F)F. The van der Waals surface area contributed by atoms with Gasteiger partial charge in [0.2, 0.25) is 0 Å². The molecule has 0 bridgehead atoms. The summed E-state index contributed by atoms with van der Waals surface area (Å²) in [5.41, 5.74) is 8.40. The Bertz CT molecular complexity index is 1110. The second-order valence-corrected chi connectivity index (χ2v) is 7.26. The van der Waals surface area contributed by atoms with Crippen LogP contribution in [0.15, 0.2) is 41.4 Å². The number of anilines is 1. The molecule has 6 nitrogen and oxygen atoms in total. The van der Waals surface area contributed by atoms with Crippen molar-refractivity contribution in [3.63, 3.8) is 0 Å². The number of aromatic amines is 1. The number of amides is 1. The molecule has 0 aliphatic carbocycles. The lowest BCUT2D eigenvalue weighted by Crippen LogP contribution is -2.21. The number of carboxylic acids is 1. The number of rotatable bonds is 4. The lowest BCUT2D eigenvalue weighted by Gasteiger charge is -2.12. The number of carbonyl (C=O) groups excluding carboxylic acids is 1. The zero-order chi connectivity index (χ0) is 22.1. The van der Waals surface area contributed by atoms with Crippen LogP contribution in [0.5, 0.6) is 0 Å². The van der Waals surface area contributed by atoms with Gasteiger partial charge in [-0.25, -0.2) is 9.18 Å². The van der Waals surface area contributed by atoms with Gasteiger partial charge in [-0.05, 0) is 30.3 Å². The molecule has 2 aromatic carbocycles. The zero-order valence-corrected chi connectivity index (χ0v) is 16.0. The number of aromatic nitrogens is 1. The number of carboxylic acid groups (broad SMARTS) is 1. The summed E-state index contributed by atoms with van der Waals surface area (Å²) in [4.78, 5) is 25.2. The first-order chi connectivity index (χ1) is 14.1. The number of alkyl halides is 3. The fraction of sp³-hybridized carbons (Fsp3) is 0.158. The minimum atomic E-state index is -5.08. The van der Waals surface area contributed by atoms with Crippen molar-refractivity contribution in [2.45, 2.75) is 11.1 Å². The summed E-state index contributed by atoms with van der Waals surface area (Å²) >= 11 is 1.50. The molecule has 1 aromatic heterocycles. The number of benzene rings is 2. The van der Waals surface area contributed by atoms with Gasteiger partial charge in [0, 0.05) is 51.1 Å². The third-order valence-electron chi connectivity index (χ3n) is 4.18. The Morgan fingerprint density at radius 1 is 1.20 bits per heavy atom. The van der Waals surface area contributed by atoms with Gasteiger partial charge in [0.15, 0.2) is 0 Å². The standard InChI is InChI=1S/C17H14FN3OS.C2HF3O2/c18-10-3-4-12-16-14(17(22)21-12)9(11-2-1-6-20-11)8-13(15(10)16)23-7-5-19;3-2(4,5)1(6)7/h1-4,6,8,20H,5,7,19H2,(H,21,22);(H,6,7). The van der Waals surface area contributed by atoms with Crippen LogP contribution >= 0.6 is 11.8 Å². The van der Waals surface area contributed by atoms with Crippen LogP contribution in [0.25, 0.3) is 22.0 Å². The summed E-state index contributed by atoms with van der Waals surface area (Å²) in [5.74, 6) is -2.59. The van der Waals surface area contributed by atoms with E-state index >= 15 is 0 Å². The highest BCUT2D eigenvalue weighted by Gasteiger charge is 2.38. The van der Waals surface area contributed by atoms with E-state index in [0.717, 1.165) is 16.2 Å². The van der Waals surface area contributed by atoms with Gasteiger partial charge in [-0.3, -0.25) is 4.79 Å². The van der Waals surface area contributed by atoms with E-state index in [2.05, 4.69) is 10.3 Å². The van der Waals surface area contributed by atoms with Gasteiger partial charge in [-0.15, -0.1) is 11.8 Å². The van der Waals surface area contributed by atoms with E-state index in [4.69, 9.17) is 15.6 Å². The minimum absolute atomic E-state index is 0.199. The molecule has 158 valence electrons. The first-order valence-corrected chi connectivity index (χ1v) is 9.51. The summed E-state index contributed by atoms with van der Waals surface area (Å²) in [6.45, 7) is 0.504. The number of hydrogen-bond donors (Lipinski definition) is 4. The highest BCUT2D eigenvalue weighted by Crippen LogP contribution is 2.44. The zero-order valence-electron chi connectivity index (χ0n) is 15.1. The van der Waals surface area contributed by atoms with Crippen molar-refractivity contribution in [2.24, 2.45) is 5.73 Å². The van der Waals surface area contributed by atoms with Crippen molar-refractivity contribution in [1.29, 1.82) is 0 Å². The number of thioether (sulfide) groups is 1. The highest BCUT2D eigenvalue weighted by molar-refractivity contribution is 7.99. The smallest absolute Gasteiger partial charge is 0.475 e. The van der Waals surface area contributed by atoms with Crippen LogP contribution in [0.2, 0.25) is 0 Å². The molecular formula is C19H15F4N3O3S. The predicted molar refractivity (Wildman–Crippen MR) is 105 cm³/mol. The van der Waals surface area contributed by atoms with Gasteiger partial charge < -0.3 is 21.1 Å². The largest absolute Gasteiger partial charge is 0.490 e. The van der Waals surface area contributed by atoms with Crippen molar-refractivity contribution in [2.75, 3.05) is 17.6 Å². The molecule has 3 aromatic rings. The average Bonchev–Trinajstić information content (AvgIpc) is 3.32. The number of hydrogen-bond acceptors (Lipinski definition) is 4. The topological polar surface area (TPSA) is 108 Å². The van der Waals surface area contributed by atoms with E-state index in [1.165, 1.54) is 17.8 Å². The molecule has 0 spiro atoms. The number of halogens is 4. The maximum absolute atomic E-state index is 14.5. The Hall–Kier alpha value is -3.05. The van der Waals surface area contributed by atoms with Gasteiger partial charge in [-0.2, -0.15) is 13.2 Å². The molecule has 5 N–H and O–H groups in total. The fourth-order valence-corrected chi connectivity index (χ4v) is 3.89. The summed E-state index contributed by atoms with van der Waals surface area (Å²) in [7, 11) is 0. The van der Waals surface area contributed by atoms with E-state index in [-0.39, 0.29) is 11.7 Å². The molecular weight excluding hydrogens is 426 g/mol. The molecule has 1 aliphatic heterocycles. The molecule has 1 amide bonds. The summed E-state index contributed by atoms with van der Waals surface area (Å²) in [6.07, 6.45) is -3.28. The van der Waals surface area contributed by atoms with Crippen molar-refractivity contribution in [1.82, 2.24) is 4.98 Å². The van der Waals surface area contributed by atoms with E-state index in [1.807, 2.05) is 18.2 Å². The molecule has 0 atom stereocenters.